The van der Waals surface area contributed by atoms with Crippen molar-refractivity contribution in [2.75, 3.05) is 0 Å². The highest BCUT2D eigenvalue weighted by Gasteiger charge is 2.30. The van der Waals surface area contributed by atoms with Gasteiger partial charge in [-0.1, -0.05) is 31.2 Å². The van der Waals surface area contributed by atoms with Gasteiger partial charge in [0.2, 0.25) is 0 Å². The zero-order valence-corrected chi connectivity index (χ0v) is 8.77. The number of carbonyl (C=O) groups is 2. The lowest BCUT2D eigenvalue weighted by atomic mass is 9.76. The van der Waals surface area contributed by atoms with Crippen LogP contribution in [0.4, 0.5) is 0 Å². The van der Waals surface area contributed by atoms with E-state index in [4.69, 9.17) is 0 Å². The van der Waals surface area contributed by atoms with E-state index in [0.717, 1.165) is 23.8 Å². The van der Waals surface area contributed by atoms with Crippen molar-refractivity contribution in [1.29, 1.82) is 0 Å². The van der Waals surface area contributed by atoms with Gasteiger partial charge in [-0.3, -0.25) is 4.79 Å². The molecule has 1 aromatic rings. The summed E-state index contributed by atoms with van der Waals surface area (Å²) in [6.45, 7) is 2.11. The Morgan fingerprint density at radius 3 is 2.87 bits per heavy atom. The van der Waals surface area contributed by atoms with E-state index in [1.54, 1.807) is 0 Å². The van der Waals surface area contributed by atoms with Gasteiger partial charge in [0.25, 0.3) is 0 Å². The zero-order valence-electron chi connectivity index (χ0n) is 8.77. The number of hydrogen-bond donors (Lipinski definition) is 0. The Labute approximate surface area is 89.3 Å². The van der Waals surface area contributed by atoms with E-state index in [1.807, 2.05) is 24.3 Å². The van der Waals surface area contributed by atoms with Crippen LogP contribution in [0.25, 0.3) is 0 Å². The number of fused-ring (bicyclic) bond motifs is 1. The standard InChI is InChI=1S/C13H14O2/c1-9-8-10(6-7-14)13(15)12-5-3-2-4-11(9)12/h2-5,7,9-10H,6,8H2,1H3. The molecule has 15 heavy (non-hydrogen) atoms. The Kier molecular flexibility index (Phi) is 2.67. The van der Waals surface area contributed by atoms with Gasteiger partial charge in [0.05, 0.1) is 0 Å². The van der Waals surface area contributed by atoms with Crippen LogP contribution in [0, 0.1) is 5.92 Å². The summed E-state index contributed by atoms with van der Waals surface area (Å²) in [5.41, 5.74) is 1.94. The molecule has 2 heteroatoms. The Morgan fingerprint density at radius 2 is 2.13 bits per heavy atom. The maximum absolute atomic E-state index is 12.0. The van der Waals surface area contributed by atoms with E-state index in [-0.39, 0.29) is 11.7 Å². The van der Waals surface area contributed by atoms with Crippen molar-refractivity contribution in [1.82, 2.24) is 0 Å². The number of hydrogen-bond acceptors (Lipinski definition) is 2. The van der Waals surface area contributed by atoms with Gasteiger partial charge in [0.15, 0.2) is 5.78 Å². The van der Waals surface area contributed by atoms with Crippen LogP contribution in [0.2, 0.25) is 0 Å². The predicted molar refractivity (Wildman–Crippen MR) is 58.0 cm³/mol. The molecule has 0 amide bonds. The molecule has 2 unspecified atom stereocenters. The molecule has 1 aliphatic carbocycles. The van der Waals surface area contributed by atoms with Crippen molar-refractivity contribution in [2.24, 2.45) is 5.92 Å². The second-order valence-electron chi connectivity index (χ2n) is 4.19. The fourth-order valence-electron chi connectivity index (χ4n) is 2.35. The topological polar surface area (TPSA) is 34.1 Å². The summed E-state index contributed by atoms with van der Waals surface area (Å²) >= 11 is 0. The van der Waals surface area contributed by atoms with Crippen molar-refractivity contribution in [3.05, 3.63) is 35.4 Å². The SMILES string of the molecule is CC1CC(CC=O)C(=O)c2ccccc21. The normalized spacial score (nSPS) is 24.7. The molecule has 0 saturated heterocycles. The maximum Gasteiger partial charge on any atom is 0.166 e. The molecule has 2 atom stereocenters. The first-order valence-electron chi connectivity index (χ1n) is 5.30. The van der Waals surface area contributed by atoms with Crippen LogP contribution in [-0.2, 0) is 4.79 Å². The number of carbonyl (C=O) groups excluding carboxylic acids is 2. The zero-order chi connectivity index (χ0) is 10.8. The molecule has 0 radical (unpaired) electrons. The molecule has 0 bridgehead atoms. The summed E-state index contributed by atoms with van der Waals surface area (Å²) in [7, 11) is 0. The van der Waals surface area contributed by atoms with Crippen LogP contribution in [0.1, 0.15) is 41.6 Å². The molecular formula is C13H14O2. The van der Waals surface area contributed by atoms with Crippen molar-refractivity contribution in [3.63, 3.8) is 0 Å². The van der Waals surface area contributed by atoms with E-state index in [9.17, 15) is 9.59 Å². The van der Waals surface area contributed by atoms with Crippen LogP contribution in [-0.4, -0.2) is 12.1 Å². The Morgan fingerprint density at radius 1 is 1.40 bits per heavy atom. The fraction of sp³-hybridized carbons (Fsp3) is 0.385. The quantitative estimate of drug-likeness (QED) is 0.691. The highest BCUT2D eigenvalue weighted by molar-refractivity contribution is 6.01. The molecular weight excluding hydrogens is 188 g/mol. The Bertz CT molecular complexity index is 395. The predicted octanol–water partition coefficient (Wildman–Crippen LogP) is 2.58. The van der Waals surface area contributed by atoms with Crippen molar-refractivity contribution in [2.45, 2.75) is 25.7 Å². The number of ketones is 1. The minimum absolute atomic E-state index is 0.104. The molecule has 0 N–H and O–H groups in total. The number of rotatable bonds is 2. The number of benzene rings is 1. The molecule has 1 aliphatic rings. The van der Waals surface area contributed by atoms with Crippen LogP contribution < -0.4 is 0 Å². The highest BCUT2D eigenvalue weighted by atomic mass is 16.1. The van der Waals surface area contributed by atoms with Gasteiger partial charge in [-0.15, -0.1) is 0 Å². The van der Waals surface area contributed by atoms with E-state index in [2.05, 4.69) is 6.92 Å². The van der Waals surface area contributed by atoms with E-state index in [1.165, 1.54) is 0 Å². The van der Waals surface area contributed by atoms with E-state index >= 15 is 0 Å². The molecule has 78 valence electrons. The molecule has 0 spiro atoms. The average molecular weight is 202 g/mol. The first kappa shape index (κ1) is 10.1. The Hall–Kier alpha value is -1.44. The van der Waals surface area contributed by atoms with Gasteiger partial charge in [0.1, 0.15) is 6.29 Å². The van der Waals surface area contributed by atoms with Crippen molar-refractivity contribution in [3.8, 4) is 0 Å². The second-order valence-corrected chi connectivity index (χ2v) is 4.19. The molecule has 1 aromatic carbocycles. The summed E-state index contributed by atoms with van der Waals surface area (Å²) in [4.78, 5) is 22.5. The van der Waals surface area contributed by atoms with Gasteiger partial charge in [-0.05, 0) is 17.9 Å². The first-order chi connectivity index (χ1) is 7.24. The molecule has 2 nitrogen and oxygen atoms in total. The highest BCUT2D eigenvalue weighted by Crippen LogP contribution is 2.35. The average Bonchev–Trinajstić information content (AvgIpc) is 2.26. The third-order valence-corrected chi connectivity index (χ3v) is 3.15. The lowest BCUT2D eigenvalue weighted by Crippen LogP contribution is -2.24. The van der Waals surface area contributed by atoms with E-state index in [0.29, 0.717) is 12.3 Å². The number of aldehydes is 1. The van der Waals surface area contributed by atoms with Crippen LogP contribution in [0.5, 0.6) is 0 Å². The summed E-state index contributed by atoms with van der Waals surface area (Å²) in [5.74, 6) is 0.409. The summed E-state index contributed by atoms with van der Waals surface area (Å²) in [5, 5.41) is 0. The largest absolute Gasteiger partial charge is 0.303 e. The molecule has 0 fully saturated rings. The summed E-state index contributed by atoms with van der Waals surface area (Å²) in [6, 6.07) is 7.72. The fourth-order valence-corrected chi connectivity index (χ4v) is 2.35. The van der Waals surface area contributed by atoms with Gasteiger partial charge in [-0.2, -0.15) is 0 Å². The van der Waals surface area contributed by atoms with Gasteiger partial charge in [-0.25, -0.2) is 0 Å². The van der Waals surface area contributed by atoms with Crippen LogP contribution in [0.3, 0.4) is 0 Å². The third kappa shape index (κ3) is 1.72. The Balaban J connectivity index is 2.39. The monoisotopic (exact) mass is 202 g/mol. The number of Topliss-reactive ketones (excluding diaryl/α,β-unsaturated/α-hetero) is 1. The molecule has 0 saturated carbocycles. The summed E-state index contributed by atoms with van der Waals surface area (Å²) < 4.78 is 0. The lowest BCUT2D eigenvalue weighted by Gasteiger charge is -2.27. The minimum Gasteiger partial charge on any atom is -0.303 e. The maximum atomic E-state index is 12.0. The van der Waals surface area contributed by atoms with Crippen LogP contribution >= 0.6 is 0 Å². The van der Waals surface area contributed by atoms with Crippen LogP contribution in [0.15, 0.2) is 24.3 Å². The summed E-state index contributed by atoms with van der Waals surface area (Å²) in [6.07, 6.45) is 2.01. The lowest BCUT2D eigenvalue weighted by molar-refractivity contribution is -0.108. The molecule has 0 aromatic heterocycles. The van der Waals surface area contributed by atoms with Crippen molar-refractivity contribution < 1.29 is 9.59 Å². The molecule has 0 heterocycles. The molecule has 0 aliphatic heterocycles. The third-order valence-electron chi connectivity index (χ3n) is 3.15. The van der Waals surface area contributed by atoms with Gasteiger partial charge in [0, 0.05) is 17.9 Å². The minimum atomic E-state index is -0.104. The first-order valence-corrected chi connectivity index (χ1v) is 5.30. The second kappa shape index (κ2) is 3.97. The van der Waals surface area contributed by atoms with Crippen molar-refractivity contribution >= 4 is 12.1 Å². The van der Waals surface area contributed by atoms with Gasteiger partial charge >= 0.3 is 0 Å². The van der Waals surface area contributed by atoms with Gasteiger partial charge < -0.3 is 4.79 Å². The van der Waals surface area contributed by atoms with E-state index < -0.39 is 0 Å². The molecule has 2 rings (SSSR count). The smallest absolute Gasteiger partial charge is 0.166 e.